The molecule has 2 heterocycles. The molecule has 7 heteroatoms. The number of aryl methyl sites for hydroxylation is 3. The van der Waals surface area contributed by atoms with Crippen LogP contribution in [-0.2, 0) is 27.1 Å². The van der Waals surface area contributed by atoms with Gasteiger partial charge in [0.2, 0.25) is 0 Å². The van der Waals surface area contributed by atoms with Crippen LogP contribution in [0.3, 0.4) is 0 Å². The molecule has 0 aliphatic rings. The highest BCUT2D eigenvalue weighted by molar-refractivity contribution is 7.99. The van der Waals surface area contributed by atoms with Gasteiger partial charge in [-0.2, -0.15) is 0 Å². The zero-order valence-electron chi connectivity index (χ0n) is 14.7. The summed E-state index contributed by atoms with van der Waals surface area (Å²) < 4.78 is 4.57. The van der Waals surface area contributed by atoms with Gasteiger partial charge in [0.1, 0.15) is 0 Å². The van der Waals surface area contributed by atoms with Crippen molar-refractivity contribution in [2.45, 2.75) is 31.5 Å². The second-order valence-electron chi connectivity index (χ2n) is 5.95. The summed E-state index contributed by atoms with van der Waals surface area (Å²) in [5.41, 5.74) is 1.61. The van der Waals surface area contributed by atoms with Gasteiger partial charge < -0.3 is 4.57 Å². The van der Waals surface area contributed by atoms with Crippen molar-refractivity contribution in [3.8, 4) is 0 Å². The van der Waals surface area contributed by atoms with E-state index in [1.54, 1.807) is 18.8 Å². The van der Waals surface area contributed by atoms with Crippen LogP contribution >= 0.6 is 11.8 Å². The van der Waals surface area contributed by atoms with Crippen molar-refractivity contribution in [2.24, 2.45) is 14.1 Å². The molecule has 25 heavy (non-hydrogen) atoms. The molecule has 2 aromatic heterocycles. The lowest BCUT2D eigenvalue weighted by atomic mass is 10.1. The van der Waals surface area contributed by atoms with E-state index in [4.69, 9.17) is 0 Å². The lowest BCUT2D eigenvalue weighted by Crippen LogP contribution is -2.37. The van der Waals surface area contributed by atoms with Crippen molar-refractivity contribution in [3.63, 3.8) is 0 Å². The molecule has 0 aliphatic carbocycles. The zero-order valence-corrected chi connectivity index (χ0v) is 15.5. The molecule has 0 saturated heterocycles. The minimum atomic E-state index is -0.348. The summed E-state index contributed by atoms with van der Waals surface area (Å²) in [5, 5.41) is 0.795. The maximum absolute atomic E-state index is 12.7. The highest BCUT2D eigenvalue weighted by Gasteiger charge is 2.18. The van der Waals surface area contributed by atoms with Gasteiger partial charge in [-0.05, 0) is 24.2 Å². The Balaban J connectivity index is 2.01. The van der Waals surface area contributed by atoms with Crippen LogP contribution in [0.4, 0.5) is 0 Å². The van der Waals surface area contributed by atoms with Gasteiger partial charge >= 0.3 is 5.69 Å². The molecule has 0 aliphatic heterocycles. The van der Waals surface area contributed by atoms with E-state index in [1.807, 2.05) is 22.8 Å². The van der Waals surface area contributed by atoms with Gasteiger partial charge in [0.25, 0.3) is 5.56 Å². The third-order valence-corrected chi connectivity index (χ3v) is 5.13. The second kappa shape index (κ2) is 7.31. The molecule has 0 radical (unpaired) electrons. The number of fused-ring (bicyclic) bond motifs is 1. The molecular weight excluding hydrogens is 336 g/mol. The van der Waals surface area contributed by atoms with E-state index in [1.165, 1.54) is 17.2 Å². The topological polar surface area (TPSA) is 61.8 Å². The number of hydrogen-bond acceptors (Lipinski definition) is 4. The fourth-order valence-electron chi connectivity index (χ4n) is 2.96. The Labute approximate surface area is 150 Å². The van der Waals surface area contributed by atoms with Crippen LogP contribution in [-0.4, -0.2) is 24.4 Å². The Morgan fingerprint density at radius 1 is 1.08 bits per heavy atom. The fraction of sp³-hybridized carbons (Fsp3) is 0.389. The first-order valence-electron chi connectivity index (χ1n) is 8.37. The van der Waals surface area contributed by atoms with Crippen molar-refractivity contribution in [3.05, 3.63) is 56.7 Å². The number of hydrogen-bond donors (Lipinski definition) is 0. The van der Waals surface area contributed by atoms with E-state index in [9.17, 15) is 9.59 Å². The van der Waals surface area contributed by atoms with Gasteiger partial charge in [-0.3, -0.25) is 13.9 Å². The van der Waals surface area contributed by atoms with Gasteiger partial charge in [0.05, 0.1) is 0 Å². The molecule has 1 aromatic carbocycles. The largest absolute Gasteiger partial charge is 0.332 e. The first kappa shape index (κ1) is 17.5. The summed E-state index contributed by atoms with van der Waals surface area (Å²) >= 11 is 1.59. The summed E-state index contributed by atoms with van der Waals surface area (Å²) in [6.45, 7) is 2.75. The number of imidazole rings is 1. The highest BCUT2D eigenvalue weighted by Crippen LogP contribution is 2.22. The fourth-order valence-corrected chi connectivity index (χ4v) is 3.71. The van der Waals surface area contributed by atoms with Crippen LogP contribution < -0.4 is 11.2 Å². The van der Waals surface area contributed by atoms with E-state index >= 15 is 0 Å². The molecule has 0 amide bonds. The Kier molecular flexibility index (Phi) is 5.13. The molecule has 0 N–H and O–H groups in total. The van der Waals surface area contributed by atoms with Crippen molar-refractivity contribution in [2.75, 3.05) is 5.75 Å². The standard InChI is InChI=1S/C18H22N4O2S/c1-4-25-17-19-15-14(16(23)21(3)18(24)20(15)2)22(17)12-8-11-13-9-6-5-7-10-13/h5-7,9-10H,4,8,11-12H2,1-3H3. The van der Waals surface area contributed by atoms with Crippen LogP contribution in [0, 0.1) is 0 Å². The number of thioether (sulfide) groups is 1. The van der Waals surface area contributed by atoms with E-state index in [2.05, 4.69) is 24.0 Å². The smallest absolute Gasteiger partial charge is 0.313 e. The monoisotopic (exact) mass is 358 g/mol. The quantitative estimate of drug-likeness (QED) is 0.634. The minimum absolute atomic E-state index is 0.284. The van der Waals surface area contributed by atoms with Crippen LogP contribution in [0.15, 0.2) is 45.1 Å². The maximum Gasteiger partial charge on any atom is 0.332 e. The first-order chi connectivity index (χ1) is 12.0. The summed E-state index contributed by atoms with van der Waals surface area (Å²) in [6.07, 6.45) is 1.83. The lowest BCUT2D eigenvalue weighted by Gasteiger charge is -2.09. The average Bonchev–Trinajstić information content (AvgIpc) is 2.98. The molecule has 3 aromatic rings. The zero-order chi connectivity index (χ0) is 18.0. The molecule has 0 spiro atoms. The Morgan fingerprint density at radius 3 is 2.48 bits per heavy atom. The summed E-state index contributed by atoms with van der Waals surface area (Å²) in [5.74, 6) is 0.857. The molecule has 3 rings (SSSR count). The summed E-state index contributed by atoms with van der Waals surface area (Å²) in [6, 6.07) is 10.3. The van der Waals surface area contributed by atoms with Gasteiger partial charge in [0.15, 0.2) is 16.3 Å². The summed E-state index contributed by atoms with van der Waals surface area (Å²) in [7, 11) is 3.17. The van der Waals surface area contributed by atoms with E-state index in [0.29, 0.717) is 17.7 Å². The van der Waals surface area contributed by atoms with Gasteiger partial charge in [-0.25, -0.2) is 9.78 Å². The minimum Gasteiger partial charge on any atom is -0.313 e. The van der Waals surface area contributed by atoms with Crippen molar-refractivity contribution in [1.82, 2.24) is 18.7 Å². The highest BCUT2D eigenvalue weighted by atomic mass is 32.2. The van der Waals surface area contributed by atoms with E-state index < -0.39 is 0 Å². The molecule has 0 unspecified atom stereocenters. The van der Waals surface area contributed by atoms with Crippen LogP contribution in [0.2, 0.25) is 0 Å². The van der Waals surface area contributed by atoms with Crippen LogP contribution in [0.25, 0.3) is 11.2 Å². The van der Waals surface area contributed by atoms with Crippen LogP contribution in [0.5, 0.6) is 0 Å². The average molecular weight is 358 g/mol. The normalized spacial score (nSPS) is 11.3. The van der Waals surface area contributed by atoms with Crippen molar-refractivity contribution >= 4 is 22.9 Å². The molecule has 0 fully saturated rings. The first-order valence-corrected chi connectivity index (χ1v) is 9.36. The second-order valence-corrected chi connectivity index (χ2v) is 7.18. The predicted molar refractivity (Wildman–Crippen MR) is 101 cm³/mol. The molecule has 132 valence electrons. The van der Waals surface area contributed by atoms with E-state index in [-0.39, 0.29) is 11.2 Å². The molecule has 0 bridgehead atoms. The number of benzene rings is 1. The van der Waals surface area contributed by atoms with Gasteiger partial charge in [-0.15, -0.1) is 0 Å². The van der Waals surface area contributed by atoms with Gasteiger partial charge in [0, 0.05) is 20.6 Å². The number of nitrogens with zero attached hydrogens (tertiary/aromatic N) is 4. The Bertz CT molecular complexity index is 1000. The Morgan fingerprint density at radius 2 is 1.80 bits per heavy atom. The molecular formula is C18H22N4O2S. The van der Waals surface area contributed by atoms with Crippen molar-refractivity contribution in [1.29, 1.82) is 0 Å². The van der Waals surface area contributed by atoms with E-state index in [0.717, 1.165) is 28.3 Å². The third kappa shape index (κ3) is 3.28. The van der Waals surface area contributed by atoms with Crippen molar-refractivity contribution < 1.29 is 0 Å². The lowest BCUT2D eigenvalue weighted by molar-refractivity contribution is 0.606. The summed E-state index contributed by atoms with van der Waals surface area (Å²) in [4.78, 5) is 29.4. The molecule has 0 atom stereocenters. The molecule has 0 saturated carbocycles. The van der Waals surface area contributed by atoms with Gasteiger partial charge in [-0.1, -0.05) is 49.0 Å². The van der Waals surface area contributed by atoms with Crippen LogP contribution in [0.1, 0.15) is 18.9 Å². The third-order valence-electron chi connectivity index (χ3n) is 4.28. The maximum atomic E-state index is 12.7. The Hall–Kier alpha value is -2.28. The SMILES string of the molecule is CCSc1nc2c(c(=O)n(C)c(=O)n2C)n1CCCc1ccccc1. The number of rotatable bonds is 6. The molecule has 6 nitrogen and oxygen atoms in total. The number of aromatic nitrogens is 4. The predicted octanol–water partition coefficient (Wildman–Crippen LogP) is 2.18.